The molecular formula is C32H31N3O5. The summed E-state index contributed by atoms with van der Waals surface area (Å²) >= 11 is 0. The van der Waals surface area contributed by atoms with Crippen molar-refractivity contribution in [3.8, 4) is 29.1 Å². The van der Waals surface area contributed by atoms with Gasteiger partial charge in [0, 0.05) is 12.2 Å². The molecule has 204 valence electrons. The van der Waals surface area contributed by atoms with E-state index in [1.54, 1.807) is 63.8 Å². The number of benzene rings is 4. The molecule has 0 aliphatic carbocycles. The van der Waals surface area contributed by atoms with Gasteiger partial charge in [0.15, 0.2) is 23.0 Å². The van der Waals surface area contributed by atoms with Gasteiger partial charge in [-0.05, 0) is 65.2 Å². The van der Waals surface area contributed by atoms with E-state index in [-0.39, 0.29) is 12.5 Å². The number of methoxy groups -OCH3 is 3. The third-order valence-electron chi connectivity index (χ3n) is 6.26. The highest BCUT2D eigenvalue weighted by Gasteiger charge is 2.23. The zero-order chi connectivity index (χ0) is 28.3. The summed E-state index contributed by atoms with van der Waals surface area (Å²) in [6.45, 7) is 0.662. The van der Waals surface area contributed by atoms with Gasteiger partial charge in [-0.2, -0.15) is 5.26 Å². The molecule has 0 aromatic heterocycles. The summed E-state index contributed by atoms with van der Waals surface area (Å²) in [5.74, 6) is 2.02. The molecular weight excluding hydrogens is 506 g/mol. The minimum atomic E-state index is -0.759. The first-order chi connectivity index (χ1) is 19.5. The molecule has 0 radical (unpaired) electrons. The Morgan fingerprint density at radius 3 is 2.12 bits per heavy atom. The number of carbonyl (C=O) groups is 1. The summed E-state index contributed by atoms with van der Waals surface area (Å²) in [5.41, 5.74) is 3.78. The minimum Gasteiger partial charge on any atom is -0.493 e. The van der Waals surface area contributed by atoms with Crippen LogP contribution in [0.2, 0.25) is 0 Å². The van der Waals surface area contributed by atoms with Crippen LogP contribution in [0.5, 0.6) is 23.0 Å². The highest BCUT2D eigenvalue weighted by Crippen LogP contribution is 2.33. The number of hydrogen-bond donors (Lipinski definition) is 2. The zero-order valence-corrected chi connectivity index (χ0v) is 22.6. The molecule has 0 unspecified atom stereocenters. The summed E-state index contributed by atoms with van der Waals surface area (Å²) in [7, 11) is 4.71. The summed E-state index contributed by atoms with van der Waals surface area (Å²) in [5, 5.41) is 15.4. The summed E-state index contributed by atoms with van der Waals surface area (Å²) in [4.78, 5) is 13.6. The average Bonchev–Trinajstić information content (AvgIpc) is 3.02. The predicted octanol–water partition coefficient (Wildman–Crippen LogP) is 5.63. The molecule has 0 spiro atoms. The molecule has 1 amide bonds. The molecule has 0 bridgehead atoms. The number of nitriles is 1. The Labute approximate surface area is 234 Å². The molecule has 0 aliphatic rings. The fourth-order valence-electron chi connectivity index (χ4n) is 4.11. The molecule has 0 aliphatic heterocycles. The van der Waals surface area contributed by atoms with Gasteiger partial charge in [0.25, 0.3) is 0 Å². The quantitative estimate of drug-likeness (QED) is 0.241. The summed E-state index contributed by atoms with van der Waals surface area (Å²) in [6, 6.07) is 29.0. The number of hydrogen-bond acceptors (Lipinski definition) is 7. The van der Waals surface area contributed by atoms with Crippen molar-refractivity contribution in [2.24, 2.45) is 0 Å². The van der Waals surface area contributed by atoms with Crippen LogP contribution in [0.1, 0.15) is 28.3 Å². The standard InChI is InChI=1S/C32H31N3O5/c1-37-27-15-11-24(17-29(27)38-2)20-34-32(36)31(35-26-13-9-22(19-33)10-14-26)25-12-16-28(30(18-25)39-3)40-21-23-7-5-4-6-8-23/h4-18,31,35H,20-21H2,1-3H3,(H,34,36)/t31-/m1/s1. The molecule has 4 aromatic rings. The second-order valence-corrected chi connectivity index (χ2v) is 8.86. The van der Waals surface area contributed by atoms with E-state index in [4.69, 9.17) is 24.2 Å². The van der Waals surface area contributed by atoms with Crippen LogP contribution in [0.15, 0.2) is 91.0 Å². The van der Waals surface area contributed by atoms with Crippen molar-refractivity contribution >= 4 is 11.6 Å². The Kier molecular flexibility index (Phi) is 9.46. The van der Waals surface area contributed by atoms with Crippen LogP contribution in [0.3, 0.4) is 0 Å². The van der Waals surface area contributed by atoms with Crippen molar-refractivity contribution in [2.75, 3.05) is 26.6 Å². The summed E-state index contributed by atoms with van der Waals surface area (Å²) < 4.78 is 22.3. The van der Waals surface area contributed by atoms with E-state index in [2.05, 4.69) is 16.7 Å². The second-order valence-electron chi connectivity index (χ2n) is 8.86. The highest BCUT2D eigenvalue weighted by molar-refractivity contribution is 5.86. The lowest BCUT2D eigenvalue weighted by Gasteiger charge is -2.22. The monoisotopic (exact) mass is 537 g/mol. The molecule has 4 aromatic carbocycles. The lowest BCUT2D eigenvalue weighted by atomic mass is 10.0. The average molecular weight is 538 g/mol. The molecule has 0 saturated heterocycles. The first-order valence-electron chi connectivity index (χ1n) is 12.6. The number of nitrogens with one attached hydrogen (secondary N) is 2. The Hall–Kier alpha value is -5.16. The van der Waals surface area contributed by atoms with Crippen LogP contribution in [0.25, 0.3) is 0 Å². The topological polar surface area (TPSA) is 102 Å². The van der Waals surface area contributed by atoms with Crippen molar-refractivity contribution in [1.29, 1.82) is 5.26 Å². The SMILES string of the molecule is COc1ccc(CNC(=O)[C@H](Nc2ccc(C#N)cc2)c2ccc(OCc3ccccc3)c(OC)c2)cc1OC. The van der Waals surface area contributed by atoms with E-state index in [1.807, 2.05) is 48.5 Å². The number of ether oxygens (including phenoxy) is 4. The smallest absolute Gasteiger partial charge is 0.247 e. The molecule has 0 fully saturated rings. The number of amides is 1. The molecule has 40 heavy (non-hydrogen) atoms. The Morgan fingerprint density at radius 2 is 1.45 bits per heavy atom. The van der Waals surface area contributed by atoms with Crippen molar-refractivity contribution in [1.82, 2.24) is 5.32 Å². The number of nitrogens with zero attached hydrogens (tertiary/aromatic N) is 1. The largest absolute Gasteiger partial charge is 0.493 e. The van der Waals surface area contributed by atoms with Crippen LogP contribution in [0, 0.1) is 11.3 Å². The van der Waals surface area contributed by atoms with Crippen molar-refractivity contribution in [3.05, 3.63) is 113 Å². The van der Waals surface area contributed by atoms with E-state index in [1.165, 1.54) is 0 Å². The van der Waals surface area contributed by atoms with Gasteiger partial charge in [-0.3, -0.25) is 4.79 Å². The zero-order valence-electron chi connectivity index (χ0n) is 22.6. The molecule has 2 N–H and O–H groups in total. The number of rotatable bonds is 12. The van der Waals surface area contributed by atoms with Gasteiger partial charge in [0.05, 0.1) is 33.0 Å². The van der Waals surface area contributed by atoms with Gasteiger partial charge >= 0.3 is 0 Å². The lowest BCUT2D eigenvalue weighted by molar-refractivity contribution is -0.122. The number of anilines is 1. The molecule has 4 rings (SSSR count). The minimum absolute atomic E-state index is 0.251. The highest BCUT2D eigenvalue weighted by atomic mass is 16.5. The molecule has 1 atom stereocenters. The van der Waals surface area contributed by atoms with Crippen LogP contribution >= 0.6 is 0 Å². The normalized spacial score (nSPS) is 11.1. The Balaban J connectivity index is 1.57. The maximum absolute atomic E-state index is 13.6. The maximum atomic E-state index is 13.6. The summed E-state index contributed by atoms with van der Waals surface area (Å²) in [6.07, 6.45) is 0. The number of carbonyl (C=O) groups excluding carboxylic acids is 1. The van der Waals surface area contributed by atoms with E-state index in [0.29, 0.717) is 46.4 Å². The van der Waals surface area contributed by atoms with E-state index in [0.717, 1.165) is 11.1 Å². The molecule has 8 nitrogen and oxygen atoms in total. The Bertz CT molecular complexity index is 1470. The van der Waals surface area contributed by atoms with Gasteiger partial charge in [0.1, 0.15) is 12.6 Å². The second kappa shape index (κ2) is 13.6. The maximum Gasteiger partial charge on any atom is 0.247 e. The van der Waals surface area contributed by atoms with E-state index in [9.17, 15) is 4.79 Å². The van der Waals surface area contributed by atoms with Crippen LogP contribution in [0.4, 0.5) is 5.69 Å². The molecule has 8 heteroatoms. The molecule has 0 saturated carbocycles. The van der Waals surface area contributed by atoms with Crippen molar-refractivity contribution in [2.45, 2.75) is 19.2 Å². The van der Waals surface area contributed by atoms with Gasteiger partial charge < -0.3 is 29.6 Å². The van der Waals surface area contributed by atoms with Gasteiger partial charge in [0.2, 0.25) is 5.91 Å². The van der Waals surface area contributed by atoms with Gasteiger partial charge in [-0.15, -0.1) is 0 Å². The van der Waals surface area contributed by atoms with Crippen molar-refractivity contribution < 1.29 is 23.7 Å². The van der Waals surface area contributed by atoms with Crippen LogP contribution in [-0.2, 0) is 17.9 Å². The first kappa shape index (κ1) is 27.9. The lowest BCUT2D eigenvalue weighted by Crippen LogP contribution is -2.33. The third-order valence-corrected chi connectivity index (χ3v) is 6.26. The fraction of sp³-hybridized carbons (Fsp3) is 0.188. The van der Waals surface area contributed by atoms with Crippen LogP contribution in [-0.4, -0.2) is 27.2 Å². The van der Waals surface area contributed by atoms with Crippen LogP contribution < -0.4 is 29.6 Å². The van der Waals surface area contributed by atoms with E-state index >= 15 is 0 Å². The van der Waals surface area contributed by atoms with Gasteiger partial charge in [-0.1, -0.05) is 42.5 Å². The van der Waals surface area contributed by atoms with E-state index < -0.39 is 6.04 Å². The fourth-order valence-corrected chi connectivity index (χ4v) is 4.11. The Morgan fingerprint density at radius 1 is 0.775 bits per heavy atom. The molecule has 0 heterocycles. The predicted molar refractivity (Wildman–Crippen MR) is 153 cm³/mol. The van der Waals surface area contributed by atoms with Gasteiger partial charge in [-0.25, -0.2) is 0 Å². The third kappa shape index (κ3) is 7.03. The first-order valence-corrected chi connectivity index (χ1v) is 12.6. The van der Waals surface area contributed by atoms with Crippen molar-refractivity contribution in [3.63, 3.8) is 0 Å².